The van der Waals surface area contributed by atoms with E-state index in [0.717, 1.165) is 11.1 Å². The molecule has 5 heteroatoms. The molecular weight excluding hydrogens is 318 g/mol. The fraction of sp³-hybridized carbons (Fsp3) is 0.300. The number of nitrogens with zero attached hydrogens (tertiary/aromatic N) is 1. The number of hydrogen-bond donors (Lipinski definition) is 0. The van der Waals surface area contributed by atoms with Crippen LogP contribution >= 0.6 is 0 Å². The summed E-state index contributed by atoms with van der Waals surface area (Å²) in [6, 6.07) is 18.2. The van der Waals surface area contributed by atoms with Gasteiger partial charge in [-0.2, -0.15) is 0 Å². The third-order valence-corrected chi connectivity index (χ3v) is 4.36. The number of benzene rings is 2. The Bertz CT molecular complexity index is 717. The maximum Gasteiger partial charge on any atom is 0.411 e. The maximum absolute atomic E-state index is 12.8. The Morgan fingerprint density at radius 2 is 1.80 bits per heavy atom. The third-order valence-electron chi connectivity index (χ3n) is 4.36. The largest absolute Gasteiger partial charge is 0.464 e. The predicted molar refractivity (Wildman–Crippen MR) is 92.7 cm³/mol. The SMILES string of the molecule is C[C@H](c1ccccc1)N(C(=O)OCc1ccccc1)[C@@H]1CCOC1=O. The maximum atomic E-state index is 12.8. The highest BCUT2D eigenvalue weighted by atomic mass is 16.6. The molecule has 1 fully saturated rings. The number of amides is 1. The fourth-order valence-corrected chi connectivity index (χ4v) is 2.98. The van der Waals surface area contributed by atoms with Crippen molar-refractivity contribution in [2.75, 3.05) is 6.61 Å². The number of carbonyl (C=O) groups is 2. The number of esters is 1. The van der Waals surface area contributed by atoms with Gasteiger partial charge in [0.25, 0.3) is 0 Å². The van der Waals surface area contributed by atoms with Crippen molar-refractivity contribution in [1.82, 2.24) is 4.90 Å². The minimum atomic E-state index is -0.613. The van der Waals surface area contributed by atoms with E-state index >= 15 is 0 Å². The molecule has 1 saturated heterocycles. The Kier molecular flexibility index (Phi) is 5.33. The van der Waals surface area contributed by atoms with Gasteiger partial charge in [-0.15, -0.1) is 0 Å². The Hall–Kier alpha value is -2.82. The molecule has 1 heterocycles. The summed E-state index contributed by atoms with van der Waals surface area (Å²) in [6.07, 6.45) is -0.0275. The van der Waals surface area contributed by atoms with Crippen molar-refractivity contribution < 1.29 is 19.1 Å². The molecule has 0 N–H and O–H groups in total. The van der Waals surface area contributed by atoms with Gasteiger partial charge < -0.3 is 9.47 Å². The van der Waals surface area contributed by atoms with Gasteiger partial charge in [0.15, 0.2) is 0 Å². The molecule has 0 aliphatic carbocycles. The smallest absolute Gasteiger partial charge is 0.411 e. The second-order valence-electron chi connectivity index (χ2n) is 6.01. The number of carbonyl (C=O) groups excluding carboxylic acids is 2. The zero-order chi connectivity index (χ0) is 17.6. The van der Waals surface area contributed by atoms with Crippen LogP contribution in [0.2, 0.25) is 0 Å². The number of ether oxygens (including phenoxy) is 2. The summed E-state index contributed by atoms with van der Waals surface area (Å²) in [5.74, 6) is -0.376. The van der Waals surface area contributed by atoms with Crippen molar-refractivity contribution in [3.05, 3.63) is 71.8 Å². The zero-order valence-electron chi connectivity index (χ0n) is 14.1. The quantitative estimate of drug-likeness (QED) is 0.780. The van der Waals surface area contributed by atoms with Gasteiger partial charge in [-0.1, -0.05) is 60.7 Å². The van der Waals surface area contributed by atoms with E-state index in [1.165, 1.54) is 4.90 Å². The van der Waals surface area contributed by atoms with E-state index in [1.807, 2.05) is 67.6 Å². The first-order valence-electron chi connectivity index (χ1n) is 8.37. The van der Waals surface area contributed by atoms with Crippen molar-refractivity contribution in [2.24, 2.45) is 0 Å². The van der Waals surface area contributed by atoms with Gasteiger partial charge in [0.2, 0.25) is 0 Å². The van der Waals surface area contributed by atoms with Crippen molar-refractivity contribution in [1.29, 1.82) is 0 Å². The monoisotopic (exact) mass is 339 g/mol. The lowest BCUT2D eigenvalue weighted by Crippen LogP contribution is -2.44. The molecule has 0 saturated carbocycles. The van der Waals surface area contributed by atoms with Gasteiger partial charge in [-0.25, -0.2) is 9.59 Å². The molecule has 0 spiro atoms. The second kappa shape index (κ2) is 7.83. The zero-order valence-corrected chi connectivity index (χ0v) is 14.1. The Labute approximate surface area is 147 Å². The van der Waals surface area contributed by atoms with Crippen molar-refractivity contribution in [2.45, 2.75) is 32.0 Å². The van der Waals surface area contributed by atoms with E-state index in [0.29, 0.717) is 13.0 Å². The molecule has 1 aliphatic heterocycles. The first-order valence-corrected chi connectivity index (χ1v) is 8.37. The lowest BCUT2D eigenvalue weighted by Gasteiger charge is -2.31. The number of hydrogen-bond acceptors (Lipinski definition) is 4. The molecule has 2 atom stereocenters. The Balaban J connectivity index is 1.78. The average molecular weight is 339 g/mol. The van der Waals surface area contributed by atoms with Crippen molar-refractivity contribution >= 4 is 12.1 Å². The Morgan fingerprint density at radius 3 is 2.40 bits per heavy atom. The van der Waals surface area contributed by atoms with Crippen molar-refractivity contribution in [3.8, 4) is 0 Å². The van der Waals surface area contributed by atoms with E-state index in [9.17, 15) is 9.59 Å². The van der Waals surface area contributed by atoms with Crippen LogP contribution in [0.3, 0.4) is 0 Å². The molecule has 2 aromatic carbocycles. The van der Waals surface area contributed by atoms with Gasteiger partial charge in [0, 0.05) is 6.42 Å². The summed E-state index contributed by atoms with van der Waals surface area (Å²) in [5.41, 5.74) is 1.84. The normalized spacial score (nSPS) is 17.6. The predicted octanol–water partition coefficient (Wildman–Crippen LogP) is 3.70. The highest BCUT2D eigenvalue weighted by Crippen LogP contribution is 2.27. The number of rotatable bonds is 5. The summed E-state index contributed by atoms with van der Waals surface area (Å²) < 4.78 is 10.5. The van der Waals surface area contributed by atoms with Crippen LogP contribution in [0.15, 0.2) is 60.7 Å². The summed E-state index contributed by atoms with van der Waals surface area (Å²) in [6.45, 7) is 2.39. The molecule has 3 rings (SSSR count). The minimum Gasteiger partial charge on any atom is -0.464 e. The fourth-order valence-electron chi connectivity index (χ4n) is 2.98. The molecular formula is C20H21NO4. The highest BCUT2D eigenvalue weighted by molar-refractivity contribution is 5.83. The topological polar surface area (TPSA) is 55.8 Å². The number of cyclic esters (lactones) is 1. The molecule has 25 heavy (non-hydrogen) atoms. The van der Waals surface area contributed by atoms with Gasteiger partial charge in [0.05, 0.1) is 12.6 Å². The lowest BCUT2D eigenvalue weighted by atomic mass is 10.0. The lowest BCUT2D eigenvalue weighted by molar-refractivity contribution is -0.142. The first-order chi connectivity index (χ1) is 12.2. The van der Waals surface area contributed by atoms with Crippen LogP contribution in [0, 0.1) is 0 Å². The molecule has 0 bridgehead atoms. The van der Waals surface area contributed by atoms with E-state index < -0.39 is 12.1 Å². The minimum absolute atomic E-state index is 0.166. The van der Waals surface area contributed by atoms with E-state index in [4.69, 9.17) is 9.47 Å². The summed E-state index contributed by atoms with van der Waals surface area (Å²) >= 11 is 0. The summed E-state index contributed by atoms with van der Waals surface area (Å²) in [5, 5.41) is 0. The van der Waals surface area contributed by atoms with Crippen LogP contribution < -0.4 is 0 Å². The second-order valence-corrected chi connectivity index (χ2v) is 6.01. The summed E-state index contributed by atoms with van der Waals surface area (Å²) in [7, 11) is 0. The van der Waals surface area contributed by atoms with Crippen LogP contribution in [0.5, 0.6) is 0 Å². The van der Waals surface area contributed by atoms with E-state index in [2.05, 4.69) is 0 Å². The Morgan fingerprint density at radius 1 is 1.16 bits per heavy atom. The molecule has 5 nitrogen and oxygen atoms in total. The molecule has 0 aromatic heterocycles. The van der Waals surface area contributed by atoms with E-state index in [1.54, 1.807) is 0 Å². The third kappa shape index (κ3) is 3.99. The molecule has 1 amide bonds. The van der Waals surface area contributed by atoms with Crippen LogP contribution in [-0.2, 0) is 20.9 Å². The average Bonchev–Trinajstić information content (AvgIpc) is 3.07. The van der Waals surface area contributed by atoms with Crippen LogP contribution in [0.25, 0.3) is 0 Å². The first kappa shape index (κ1) is 17.0. The van der Waals surface area contributed by atoms with Crippen molar-refractivity contribution in [3.63, 3.8) is 0 Å². The van der Waals surface area contributed by atoms with Crippen LogP contribution in [-0.4, -0.2) is 29.6 Å². The van der Waals surface area contributed by atoms with Gasteiger partial charge >= 0.3 is 12.1 Å². The van der Waals surface area contributed by atoms with Gasteiger partial charge in [-0.05, 0) is 18.1 Å². The van der Waals surface area contributed by atoms with Gasteiger partial charge in [0.1, 0.15) is 12.6 Å². The van der Waals surface area contributed by atoms with Crippen LogP contribution in [0.1, 0.15) is 30.5 Å². The molecule has 0 unspecified atom stereocenters. The molecule has 2 aromatic rings. The molecule has 130 valence electrons. The highest BCUT2D eigenvalue weighted by Gasteiger charge is 2.39. The van der Waals surface area contributed by atoms with Gasteiger partial charge in [-0.3, -0.25) is 4.90 Å². The standard InChI is InChI=1S/C20H21NO4/c1-15(17-10-6-3-7-11-17)21(18-12-13-24-19(18)22)20(23)25-14-16-8-4-2-5-9-16/h2-11,15,18H,12-14H2,1H3/t15-,18-/m1/s1. The summed E-state index contributed by atoms with van der Waals surface area (Å²) in [4.78, 5) is 26.3. The molecule has 1 aliphatic rings. The van der Waals surface area contributed by atoms with E-state index in [-0.39, 0.29) is 18.6 Å². The molecule has 0 radical (unpaired) electrons. The van der Waals surface area contributed by atoms with Crippen LogP contribution in [0.4, 0.5) is 4.79 Å².